The van der Waals surface area contributed by atoms with Crippen molar-refractivity contribution in [1.29, 1.82) is 0 Å². The number of nitrogens with one attached hydrogen (secondary N) is 1. The maximum Gasteiger partial charge on any atom is 0.310 e. The topological polar surface area (TPSA) is 67.9 Å². The number of aromatic amines is 1. The zero-order chi connectivity index (χ0) is 17.4. The number of ether oxygens (including phenoxy) is 1. The minimum atomic E-state index is -0.296. The van der Waals surface area contributed by atoms with Gasteiger partial charge in [-0.3, -0.25) is 9.89 Å². The van der Waals surface area contributed by atoms with Crippen LogP contribution in [0.3, 0.4) is 0 Å². The summed E-state index contributed by atoms with van der Waals surface area (Å²) in [6.45, 7) is 0. The van der Waals surface area contributed by atoms with Crippen molar-refractivity contribution in [3.63, 3.8) is 0 Å². The van der Waals surface area contributed by atoms with E-state index in [0.717, 1.165) is 38.6 Å². The van der Waals surface area contributed by atoms with Crippen LogP contribution < -0.4 is 0 Å². The molecule has 0 aliphatic carbocycles. The molecule has 0 aliphatic heterocycles. The molecule has 0 amide bonds. The van der Waals surface area contributed by atoms with Gasteiger partial charge in [-0.15, -0.1) is 0 Å². The van der Waals surface area contributed by atoms with Crippen molar-refractivity contribution >= 4 is 39.4 Å². The van der Waals surface area contributed by atoms with Gasteiger partial charge in [-0.2, -0.15) is 5.10 Å². The summed E-state index contributed by atoms with van der Waals surface area (Å²) in [5, 5.41) is 9.56. The van der Waals surface area contributed by atoms with Crippen LogP contribution >= 0.6 is 11.6 Å². The molecule has 2 aromatic carbocycles. The number of carbonyl (C=O) groups excluding carboxylic acids is 1. The minimum absolute atomic E-state index is 0.167. The van der Waals surface area contributed by atoms with Crippen LogP contribution in [-0.2, 0) is 16.0 Å². The van der Waals surface area contributed by atoms with Crippen LogP contribution in [-0.4, -0.2) is 28.3 Å². The van der Waals surface area contributed by atoms with Crippen LogP contribution in [0.2, 0.25) is 5.02 Å². The summed E-state index contributed by atoms with van der Waals surface area (Å²) in [5.74, 6) is -0.296. The smallest absolute Gasteiger partial charge is 0.310 e. The fourth-order valence-electron chi connectivity index (χ4n) is 2.97. The largest absolute Gasteiger partial charge is 0.469 e. The number of carbonyl (C=O) groups is 1. The first-order valence-corrected chi connectivity index (χ1v) is 8.12. The van der Waals surface area contributed by atoms with Gasteiger partial charge in [0.05, 0.1) is 36.5 Å². The van der Waals surface area contributed by atoms with Gasteiger partial charge < -0.3 is 4.74 Å². The van der Waals surface area contributed by atoms with Gasteiger partial charge >= 0.3 is 5.97 Å². The highest BCUT2D eigenvalue weighted by Crippen LogP contribution is 2.30. The molecule has 0 saturated carbocycles. The highest BCUT2D eigenvalue weighted by molar-refractivity contribution is 6.30. The van der Waals surface area contributed by atoms with Crippen LogP contribution in [0.5, 0.6) is 0 Å². The predicted octanol–water partition coefficient (Wildman–Crippen LogP) is 4.15. The number of esters is 1. The predicted molar refractivity (Wildman–Crippen MR) is 97.6 cm³/mol. The first-order valence-electron chi connectivity index (χ1n) is 7.74. The van der Waals surface area contributed by atoms with Gasteiger partial charge in [0.15, 0.2) is 0 Å². The number of hydrogen-bond donors (Lipinski definition) is 1. The SMILES string of the molecule is COC(=O)Cc1cc(-c2ccc(Cl)cc2)nc2ccc3[nH]ncc3c12. The third-order valence-corrected chi connectivity index (χ3v) is 4.43. The third-order valence-electron chi connectivity index (χ3n) is 4.18. The van der Waals surface area contributed by atoms with Gasteiger partial charge in [0.2, 0.25) is 0 Å². The molecule has 5 nitrogen and oxygen atoms in total. The molecule has 0 spiro atoms. The maximum absolute atomic E-state index is 11.9. The Morgan fingerprint density at radius 3 is 2.76 bits per heavy atom. The molecule has 2 heterocycles. The molecular formula is C19H14ClN3O2. The number of halogens is 1. The maximum atomic E-state index is 11.9. The second kappa shape index (κ2) is 6.18. The number of pyridine rings is 1. The molecule has 2 aromatic heterocycles. The molecule has 124 valence electrons. The van der Waals surface area contributed by atoms with E-state index in [0.29, 0.717) is 5.02 Å². The number of rotatable bonds is 3. The Hall–Kier alpha value is -2.92. The van der Waals surface area contributed by atoms with Crippen molar-refractivity contribution in [2.45, 2.75) is 6.42 Å². The van der Waals surface area contributed by atoms with Gasteiger partial charge in [-0.1, -0.05) is 23.7 Å². The average molecular weight is 352 g/mol. The van der Waals surface area contributed by atoms with E-state index in [1.54, 1.807) is 6.20 Å². The number of aromatic nitrogens is 3. The third kappa shape index (κ3) is 2.83. The van der Waals surface area contributed by atoms with Crippen LogP contribution in [0.1, 0.15) is 5.56 Å². The lowest BCUT2D eigenvalue weighted by atomic mass is 9.99. The van der Waals surface area contributed by atoms with Crippen LogP contribution in [0, 0.1) is 0 Å². The molecule has 6 heteroatoms. The standard InChI is InChI=1S/C19H14ClN3O2/c1-25-18(24)9-12-8-17(11-2-4-13(20)5-3-11)22-16-7-6-15-14(19(12)16)10-21-23-15/h2-8,10H,9H2,1H3,(H,21,23). The molecule has 25 heavy (non-hydrogen) atoms. The summed E-state index contributed by atoms with van der Waals surface area (Å²) >= 11 is 5.97. The number of benzene rings is 2. The molecule has 0 aliphatic rings. The summed E-state index contributed by atoms with van der Waals surface area (Å²) in [6.07, 6.45) is 1.92. The number of hydrogen-bond acceptors (Lipinski definition) is 4. The van der Waals surface area contributed by atoms with Crippen molar-refractivity contribution in [2.24, 2.45) is 0 Å². The van der Waals surface area contributed by atoms with E-state index in [4.69, 9.17) is 21.3 Å². The van der Waals surface area contributed by atoms with E-state index in [2.05, 4.69) is 10.2 Å². The van der Waals surface area contributed by atoms with E-state index < -0.39 is 0 Å². The number of nitrogens with zero attached hydrogens (tertiary/aromatic N) is 2. The molecule has 0 atom stereocenters. The summed E-state index contributed by atoms with van der Waals surface area (Å²) < 4.78 is 4.86. The molecule has 1 N–H and O–H groups in total. The summed E-state index contributed by atoms with van der Waals surface area (Å²) in [6, 6.07) is 13.3. The fraction of sp³-hybridized carbons (Fsp3) is 0.105. The Bertz CT molecular complexity index is 1090. The summed E-state index contributed by atoms with van der Waals surface area (Å²) in [5.41, 5.74) is 4.28. The number of H-pyrrole nitrogens is 1. The normalized spacial score (nSPS) is 11.1. The van der Waals surface area contributed by atoms with Crippen molar-refractivity contribution in [3.05, 3.63) is 59.2 Å². The van der Waals surface area contributed by atoms with E-state index in [1.807, 2.05) is 42.5 Å². The Morgan fingerprint density at radius 2 is 2.00 bits per heavy atom. The lowest BCUT2D eigenvalue weighted by Gasteiger charge is -2.10. The van der Waals surface area contributed by atoms with E-state index in [9.17, 15) is 4.79 Å². The quantitative estimate of drug-likeness (QED) is 0.563. The van der Waals surface area contributed by atoms with Crippen LogP contribution in [0.15, 0.2) is 48.7 Å². The Balaban J connectivity index is 1.98. The molecule has 0 radical (unpaired) electrons. The second-order valence-electron chi connectivity index (χ2n) is 5.72. The Labute approximate surface area is 148 Å². The molecule has 0 fully saturated rings. The summed E-state index contributed by atoms with van der Waals surface area (Å²) in [7, 11) is 1.39. The first-order chi connectivity index (χ1) is 12.2. The summed E-state index contributed by atoms with van der Waals surface area (Å²) in [4.78, 5) is 16.7. The fourth-order valence-corrected chi connectivity index (χ4v) is 3.10. The Kier molecular flexibility index (Phi) is 3.86. The van der Waals surface area contributed by atoms with Crippen molar-refractivity contribution in [2.75, 3.05) is 7.11 Å². The van der Waals surface area contributed by atoms with Gasteiger partial charge in [0, 0.05) is 21.4 Å². The van der Waals surface area contributed by atoms with E-state index in [1.165, 1.54) is 7.11 Å². The zero-order valence-corrected chi connectivity index (χ0v) is 14.2. The van der Waals surface area contributed by atoms with E-state index in [-0.39, 0.29) is 12.4 Å². The lowest BCUT2D eigenvalue weighted by Crippen LogP contribution is -2.06. The lowest BCUT2D eigenvalue weighted by molar-refractivity contribution is -0.139. The molecule has 0 unspecified atom stereocenters. The second-order valence-corrected chi connectivity index (χ2v) is 6.15. The molecule has 4 aromatic rings. The molecular weight excluding hydrogens is 338 g/mol. The highest BCUT2D eigenvalue weighted by Gasteiger charge is 2.14. The van der Waals surface area contributed by atoms with Gasteiger partial charge in [0.25, 0.3) is 0 Å². The van der Waals surface area contributed by atoms with Gasteiger partial charge in [0.1, 0.15) is 0 Å². The first kappa shape index (κ1) is 15.6. The average Bonchev–Trinajstić information content (AvgIpc) is 3.10. The van der Waals surface area contributed by atoms with Crippen LogP contribution in [0.4, 0.5) is 0 Å². The van der Waals surface area contributed by atoms with Crippen molar-refractivity contribution in [1.82, 2.24) is 15.2 Å². The minimum Gasteiger partial charge on any atom is -0.469 e. The highest BCUT2D eigenvalue weighted by atomic mass is 35.5. The van der Waals surface area contributed by atoms with Gasteiger partial charge in [-0.25, -0.2) is 4.98 Å². The van der Waals surface area contributed by atoms with Gasteiger partial charge in [-0.05, 0) is 35.9 Å². The Morgan fingerprint density at radius 1 is 1.20 bits per heavy atom. The molecule has 4 rings (SSSR count). The van der Waals surface area contributed by atoms with E-state index >= 15 is 0 Å². The number of methoxy groups -OCH3 is 1. The molecule has 0 bridgehead atoms. The monoisotopic (exact) mass is 351 g/mol. The van der Waals surface area contributed by atoms with Crippen LogP contribution in [0.25, 0.3) is 33.1 Å². The van der Waals surface area contributed by atoms with Crippen molar-refractivity contribution in [3.8, 4) is 11.3 Å². The number of fused-ring (bicyclic) bond motifs is 3. The zero-order valence-electron chi connectivity index (χ0n) is 13.4. The van der Waals surface area contributed by atoms with Crippen molar-refractivity contribution < 1.29 is 9.53 Å². The molecule has 0 saturated heterocycles.